The molecule has 10 bridgehead atoms. The lowest BCUT2D eigenvalue weighted by molar-refractivity contribution is -0.0312. The number of ether oxygens (including phenoxy) is 6. The van der Waals surface area contributed by atoms with Crippen LogP contribution in [-0.4, -0.2) is 134 Å². The molecule has 11 aliphatic rings. The molecule has 9 aliphatic heterocycles. The van der Waals surface area contributed by atoms with Gasteiger partial charge < -0.3 is 28.4 Å². The number of hydrogen-bond donors (Lipinski definition) is 0. The zero-order valence-electron chi connectivity index (χ0n) is 49.8. The van der Waals surface area contributed by atoms with Crippen LogP contribution in [0.15, 0.2) is 127 Å². The molecular weight excluding hydrogens is 1180 g/mol. The van der Waals surface area contributed by atoms with E-state index in [4.69, 9.17) is 40.0 Å². The van der Waals surface area contributed by atoms with E-state index in [1.54, 1.807) is 109 Å². The highest BCUT2D eigenvalue weighted by Gasteiger charge is 2.75. The molecule has 6 aromatic rings. The Morgan fingerprint density at radius 3 is 1.57 bits per heavy atom. The highest BCUT2D eigenvalue weighted by atomic mass is 35.5. The predicted molar refractivity (Wildman–Crippen MR) is 326 cm³/mol. The number of benzene rings is 6. The molecule has 9 atom stereocenters. The molecule has 21 heteroatoms. The highest BCUT2D eigenvalue weighted by molar-refractivity contribution is 6.31. The molecule has 17 rings (SSSR count). The third kappa shape index (κ3) is 11.4. The maximum absolute atomic E-state index is 15.2. The first-order valence-electron chi connectivity index (χ1n) is 30.8. The van der Waals surface area contributed by atoms with E-state index < -0.39 is 59.0 Å². The number of halogens is 3. The Labute approximate surface area is 524 Å². The number of piperidine rings is 9. The van der Waals surface area contributed by atoms with Crippen LogP contribution < -0.4 is 19.4 Å². The van der Waals surface area contributed by atoms with Crippen LogP contribution in [0.3, 0.4) is 0 Å². The minimum atomic E-state index is -0.795. The Morgan fingerprint density at radius 1 is 0.556 bits per heavy atom. The first-order chi connectivity index (χ1) is 43.5. The van der Waals surface area contributed by atoms with Crippen molar-refractivity contribution in [2.75, 3.05) is 80.7 Å². The predicted octanol–water partition coefficient (Wildman–Crippen LogP) is 11.2. The summed E-state index contributed by atoms with van der Waals surface area (Å²) < 4.78 is 65.0. The van der Waals surface area contributed by atoms with Crippen molar-refractivity contribution >= 4 is 64.9 Å². The molecule has 3 amide bonds. The SMILES string of the molecule is COC(=O)c1ccc(CN(C(=O)O[C@]23CN4CCC2C3C4)c2ccc(OC(=O)c3ccc(CN(C(=O)O[C@]45CN6CCC4C5C6)c4ccc(COC(=O)c5ccc(CN(C(=O)O[C@H]6CN7CCC6CC7)c6cc(F)ccc6F)cc5)c(Cl)c4)cc3)c(C)c2)cc1. The van der Waals surface area contributed by atoms with Gasteiger partial charge in [0.05, 0.1) is 49.1 Å². The number of anilines is 3. The molecule has 0 aromatic heterocycles. The Kier molecular flexibility index (Phi) is 15.6. The lowest BCUT2D eigenvalue weighted by atomic mass is 9.86. The normalized spacial score (nSPS) is 26.6. The number of methoxy groups -OCH3 is 1. The van der Waals surface area contributed by atoms with E-state index in [1.807, 2.05) is 0 Å². The van der Waals surface area contributed by atoms with Crippen molar-refractivity contribution in [2.45, 2.75) is 76.2 Å². The van der Waals surface area contributed by atoms with Crippen LogP contribution in [0.5, 0.6) is 5.75 Å². The van der Waals surface area contributed by atoms with Crippen molar-refractivity contribution < 1.29 is 66.0 Å². The van der Waals surface area contributed by atoms with Crippen molar-refractivity contribution in [3.63, 3.8) is 0 Å². The molecule has 9 saturated heterocycles. The highest BCUT2D eigenvalue weighted by Crippen LogP contribution is 2.64. The van der Waals surface area contributed by atoms with Gasteiger partial charge in [-0.05, 0) is 166 Å². The third-order valence-electron chi connectivity index (χ3n) is 20.0. The summed E-state index contributed by atoms with van der Waals surface area (Å²) in [4.78, 5) is 92.9. The molecule has 18 nitrogen and oxygen atoms in total. The number of nitrogens with zero attached hydrogens (tertiary/aromatic N) is 6. The fraction of sp³-hybridized carbons (Fsp3) is 0.391. The summed E-state index contributed by atoms with van der Waals surface area (Å²) in [7, 11) is 1.32. The van der Waals surface area contributed by atoms with Crippen LogP contribution in [0.25, 0.3) is 0 Å². The zero-order chi connectivity index (χ0) is 62.2. The zero-order valence-corrected chi connectivity index (χ0v) is 50.6. The first kappa shape index (κ1) is 59.2. The summed E-state index contributed by atoms with van der Waals surface area (Å²) in [5.74, 6) is -1.51. The second kappa shape index (κ2) is 23.7. The molecule has 9 heterocycles. The summed E-state index contributed by atoms with van der Waals surface area (Å²) in [6.45, 7) is 9.27. The molecule has 2 saturated carbocycles. The minimum absolute atomic E-state index is 0.0510. The third-order valence-corrected chi connectivity index (χ3v) is 20.4. The number of carbonyl (C=O) groups excluding carboxylic acids is 6. The van der Waals surface area contributed by atoms with E-state index in [2.05, 4.69) is 14.7 Å². The number of aryl methyl sites for hydroxylation is 1. The van der Waals surface area contributed by atoms with E-state index in [9.17, 15) is 33.2 Å². The summed E-state index contributed by atoms with van der Waals surface area (Å²) in [5.41, 5.74) is 3.52. The van der Waals surface area contributed by atoms with E-state index in [0.29, 0.717) is 75.8 Å². The Balaban J connectivity index is 0.633. The fourth-order valence-corrected chi connectivity index (χ4v) is 15.2. The lowest BCUT2D eigenvalue weighted by Gasteiger charge is -2.44. The van der Waals surface area contributed by atoms with Crippen LogP contribution in [-0.2, 0) is 49.9 Å². The average molecular weight is 1250 g/mol. The van der Waals surface area contributed by atoms with Crippen LogP contribution in [0, 0.1) is 48.1 Å². The first-order valence-corrected chi connectivity index (χ1v) is 31.1. The molecule has 6 aromatic carbocycles. The molecule has 90 heavy (non-hydrogen) atoms. The van der Waals surface area contributed by atoms with E-state index in [-0.39, 0.29) is 66.0 Å². The summed E-state index contributed by atoms with van der Waals surface area (Å²) in [6, 6.07) is 32.9. The smallest absolute Gasteiger partial charge is 0.415 e. The van der Waals surface area contributed by atoms with E-state index in [0.717, 1.165) is 100 Å². The largest absolute Gasteiger partial charge is 0.465 e. The van der Waals surface area contributed by atoms with Gasteiger partial charge in [-0.15, -0.1) is 0 Å². The lowest BCUT2D eigenvalue weighted by Crippen LogP contribution is -2.53. The topological polar surface area (TPSA) is 177 Å². The van der Waals surface area contributed by atoms with Gasteiger partial charge in [-0.25, -0.2) is 37.5 Å². The van der Waals surface area contributed by atoms with Crippen molar-refractivity contribution in [2.24, 2.45) is 29.6 Å². The second-order valence-corrected chi connectivity index (χ2v) is 25.7. The molecular formula is C69H67ClF2N6O12. The maximum atomic E-state index is 15.2. The van der Waals surface area contributed by atoms with Crippen LogP contribution in [0.2, 0.25) is 5.02 Å². The molecule has 6 unspecified atom stereocenters. The molecule has 2 aliphatic carbocycles. The van der Waals surface area contributed by atoms with Gasteiger partial charge in [0.1, 0.15) is 41.3 Å². The molecule has 0 N–H and O–H groups in total. The average Bonchev–Trinajstić information content (AvgIpc) is 1.52. The van der Waals surface area contributed by atoms with Crippen LogP contribution >= 0.6 is 11.6 Å². The minimum Gasteiger partial charge on any atom is -0.465 e. The monoisotopic (exact) mass is 1240 g/mol. The van der Waals surface area contributed by atoms with Crippen LogP contribution in [0.4, 0.5) is 40.2 Å². The summed E-state index contributed by atoms with van der Waals surface area (Å²) in [5, 5.41) is 0.225. The molecule has 0 spiro atoms. The second-order valence-electron chi connectivity index (χ2n) is 25.3. The van der Waals surface area contributed by atoms with Crippen molar-refractivity contribution in [3.8, 4) is 5.75 Å². The van der Waals surface area contributed by atoms with Gasteiger partial charge in [-0.1, -0.05) is 54.1 Å². The number of carbonyl (C=O) groups is 6. The van der Waals surface area contributed by atoms with Gasteiger partial charge in [-0.3, -0.25) is 29.4 Å². The van der Waals surface area contributed by atoms with Gasteiger partial charge in [0, 0.05) is 84.4 Å². The molecule has 11 fully saturated rings. The quantitative estimate of drug-likeness (QED) is 0.0451. The van der Waals surface area contributed by atoms with Crippen LogP contribution in [0.1, 0.15) is 84.6 Å². The summed E-state index contributed by atoms with van der Waals surface area (Å²) >= 11 is 6.92. The van der Waals surface area contributed by atoms with Gasteiger partial charge in [0.15, 0.2) is 0 Å². The molecule has 0 radical (unpaired) electrons. The number of rotatable bonds is 18. The van der Waals surface area contributed by atoms with Gasteiger partial charge in [0.25, 0.3) is 0 Å². The Hall–Kier alpha value is -8.43. The number of fused-ring (bicyclic) bond motifs is 5. The standard InChI is InChI=1S/C69H67ClF2N6O12/c1-41-29-51(76(32-42-3-9-46(10-4-42)62(79)85-2)66(83)89-68-39-74-27-23-53(68)55(68)35-74)18-20-60(41)87-64(81)48-13-7-43(8-14-48)33-77(67(84)90-69-40-75-28-24-54(69)56(69)36-75)52-17-15-49(57(70)31-52)38-86-63(80)47-11-5-44(6-12-47)34-78(59-30-50(71)16-19-58(59)72)65(82)88-61-37-73-25-21-45(61)22-26-73/h3-20,29-31,45,53-56,61H,21-28,32-40H2,1-2H3/t53?,54?,55?,56?,61-,68+,69+/m0/s1. The Bertz CT molecular complexity index is 3820. The van der Waals surface area contributed by atoms with E-state index >= 15 is 4.39 Å². The number of esters is 3. The van der Waals surface area contributed by atoms with Crippen molar-refractivity contribution in [1.29, 1.82) is 0 Å². The van der Waals surface area contributed by atoms with Gasteiger partial charge >= 0.3 is 36.2 Å². The molecule has 466 valence electrons. The van der Waals surface area contributed by atoms with E-state index in [1.165, 1.54) is 24.1 Å². The summed E-state index contributed by atoms with van der Waals surface area (Å²) in [6.07, 6.45) is 1.55. The maximum Gasteiger partial charge on any atom is 0.415 e. The van der Waals surface area contributed by atoms with Crippen molar-refractivity contribution in [3.05, 3.63) is 189 Å². The van der Waals surface area contributed by atoms with Gasteiger partial charge in [0.2, 0.25) is 0 Å². The van der Waals surface area contributed by atoms with Gasteiger partial charge in [-0.2, -0.15) is 0 Å². The number of hydrogen-bond acceptors (Lipinski definition) is 15. The van der Waals surface area contributed by atoms with Crippen molar-refractivity contribution in [1.82, 2.24) is 14.7 Å². The Morgan fingerprint density at radius 2 is 1.08 bits per heavy atom. The fourth-order valence-electron chi connectivity index (χ4n) is 15.0. The number of amides is 3.